The molecule has 0 spiro atoms. The summed E-state index contributed by atoms with van der Waals surface area (Å²) in [6.07, 6.45) is -1.03. The van der Waals surface area contributed by atoms with Crippen molar-refractivity contribution in [2.45, 2.75) is 33.4 Å². The van der Waals surface area contributed by atoms with Crippen LogP contribution < -0.4 is 14.8 Å². The number of aromatic amines is 1. The number of aromatic nitrogens is 1. The fourth-order valence-electron chi connectivity index (χ4n) is 3.02. The molecule has 0 aliphatic carbocycles. The number of benzene rings is 1. The Bertz CT molecular complexity index is 964. The lowest BCUT2D eigenvalue weighted by molar-refractivity contribution is -0.129. The van der Waals surface area contributed by atoms with Crippen molar-refractivity contribution in [3.05, 3.63) is 46.3 Å². The summed E-state index contributed by atoms with van der Waals surface area (Å²) in [5, 5.41) is 2.71. The molecule has 9 nitrogen and oxygen atoms in total. The third kappa shape index (κ3) is 4.18. The number of fused-ring (bicyclic) bond motifs is 1. The molecule has 0 unspecified atom stereocenters. The van der Waals surface area contributed by atoms with Gasteiger partial charge in [0.15, 0.2) is 17.6 Å². The maximum Gasteiger partial charge on any atom is 0.355 e. The lowest BCUT2D eigenvalue weighted by Crippen LogP contribution is -2.35. The Balaban J connectivity index is 1.59. The molecule has 0 bridgehead atoms. The Labute approximate surface area is 167 Å². The van der Waals surface area contributed by atoms with E-state index >= 15 is 0 Å². The van der Waals surface area contributed by atoms with E-state index in [0.29, 0.717) is 22.8 Å². The number of esters is 2. The lowest BCUT2D eigenvalue weighted by Gasteiger charge is -2.13. The number of aryl methyl sites for hydroxylation is 1. The highest BCUT2D eigenvalue weighted by Crippen LogP contribution is 2.32. The van der Waals surface area contributed by atoms with E-state index in [4.69, 9.17) is 18.9 Å². The Morgan fingerprint density at radius 1 is 1.17 bits per heavy atom. The molecule has 2 heterocycles. The van der Waals surface area contributed by atoms with Gasteiger partial charge in [0.2, 0.25) is 6.79 Å². The van der Waals surface area contributed by atoms with Gasteiger partial charge in [0.05, 0.1) is 12.7 Å². The number of ether oxygens (including phenoxy) is 4. The van der Waals surface area contributed by atoms with E-state index in [1.54, 1.807) is 26.0 Å². The maximum atomic E-state index is 12.4. The summed E-state index contributed by atoms with van der Waals surface area (Å²) in [6.45, 7) is 5.14. The zero-order valence-electron chi connectivity index (χ0n) is 16.6. The highest BCUT2D eigenvalue weighted by Gasteiger charge is 2.26. The molecule has 0 saturated heterocycles. The Kier molecular flexibility index (Phi) is 5.76. The molecule has 0 saturated carbocycles. The first-order valence-electron chi connectivity index (χ1n) is 8.96. The molecule has 1 aliphatic rings. The fourth-order valence-corrected chi connectivity index (χ4v) is 3.02. The Morgan fingerprint density at radius 3 is 2.62 bits per heavy atom. The molecular formula is C20H22N2O7. The number of hydrogen-bond acceptors (Lipinski definition) is 7. The molecule has 1 aromatic carbocycles. The third-order valence-corrected chi connectivity index (χ3v) is 4.59. The van der Waals surface area contributed by atoms with Crippen molar-refractivity contribution in [1.82, 2.24) is 10.3 Å². The predicted molar refractivity (Wildman–Crippen MR) is 101 cm³/mol. The van der Waals surface area contributed by atoms with Gasteiger partial charge in [-0.1, -0.05) is 6.07 Å². The number of carbonyl (C=O) groups is 3. The number of nitrogens with one attached hydrogen (secondary N) is 2. The van der Waals surface area contributed by atoms with Crippen LogP contribution in [0.1, 0.15) is 44.6 Å². The van der Waals surface area contributed by atoms with Gasteiger partial charge in [-0.2, -0.15) is 0 Å². The molecule has 9 heteroatoms. The van der Waals surface area contributed by atoms with Gasteiger partial charge in [0.25, 0.3) is 5.91 Å². The van der Waals surface area contributed by atoms with Crippen molar-refractivity contribution in [3.8, 4) is 11.5 Å². The summed E-state index contributed by atoms with van der Waals surface area (Å²) in [5.41, 5.74) is 2.10. The number of H-pyrrole nitrogens is 1. The Hall–Kier alpha value is -3.49. The fraction of sp³-hybridized carbons (Fsp3) is 0.350. The number of rotatable bonds is 6. The van der Waals surface area contributed by atoms with E-state index in [2.05, 4.69) is 10.3 Å². The van der Waals surface area contributed by atoms with Crippen molar-refractivity contribution in [1.29, 1.82) is 0 Å². The van der Waals surface area contributed by atoms with Crippen LogP contribution in [0.15, 0.2) is 18.2 Å². The van der Waals surface area contributed by atoms with E-state index in [1.807, 2.05) is 6.07 Å². The Morgan fingerprint density at radius 2 is 1.90 bits per heavy atom. The summed E-state index contributed by atoms with van der Waals surface area (Å²) < 4.78 is 20.5. The van der Waals surface area contributed by atoms with Crippen LogP contribution in [0.25, 0.3) is 0 Å². The molecule has 0 radical (unpaired) electrons. The van der Waals surface area contributed by atoms with Crippen molar-refractivity contribution in [2.75, 3.05) is 13.9 Å². The van der Waals surface area contributed by atoms with E-state index in [9.17, 15) is 14.4 Å². The van der Waals surface area contributed by atoms with Gasteiger partial charge in [-0.3, -0.25) is 4.79 Å². The number of methoxy groups -OCH3 is 1. The summed E-state index contributed by atoms with van der Waals surface area (Å²) in [4.78, 5) is 39.4. The molecule has 154 valence electrons. The summed E-state index contributed by atoms with van der Waals surface area (Å²) >= 11 is 0. The number of hydrogen-bond donors (Lipinski definition) is 2. The topological polar surface area (TPSA) is 116 Å². The summed E-state index contributed by atoms with van der Waals surface area (Å²) in [5.74, 6) is -0.457. The average Bonchev–Trinajstić information content (AvgIpc) is 3.28. The highest BCUT2D eigenvalue weighted by atomic mass is 16.7. The monoisotopic (exact) mass is 402 g/mol. The van der Waals surface area contributed by atoms with Gasteiger partial charge in [0.1, 0.15) is 5.69 Å². The summed E-state index contributed by atoms with van der Waals surface area (Å²) in [6, 6.07) is 5.35. The molecule has 3 rings (SSSR count). The highest BCUT2D eigenvalue weighted by molar-refractivity contribution is 5.99. The van der Waals surface area contributed by atoms with Crippen molar-refractivity contribution in [3.63, 3.8) is 0 Å². The molecule has 2 aromatic rings. The molecule has 1 aliphatic heterocycles. The van der Waals surface area contributed by atoms with Crippen LogP contribution in [0.2, 0.25) is 0 Å². The minimum absolute atomic E-state index is 0.110. The minimum Gasteiger partial charge on any atom is -0.465 e. The van der Waals surface area contributed by atoms with Gasteiger partial charge in [-0.15, -0.1) is 0 Å². The largest absolute Gasteiger partial charge is 0.465 e. The van der Waals surface area contributed by atoms with E-state index < -0.39 is 23.9 Å². The van der Waals surface area contributed by atoms with Crippen LogP contribution in [-0.2, 0) is 20.8 Å². The van der Waals surface area contributed by atoms with Crippen LogP contribution in [0.4, 0.5) is 0 Å². The van der Waals surface area contributed by atoms with E-state index in [1.165, 1.54) is 14.0 Å². The average molecular weight is 402 g/mol. The minimum atomic E-state index is -1.03. The quantitative estimate of drug-likeness (QED) is 0.710. The third-order valence-electron chi connectivity index (χ3n) is 4.59. The van der Waals surface area contributed by atoms with Gasteiger partial charge in [-0.05, 0) is 44.0 Å². The first-order valence-corrected chi connectivity index (χ1v) is 8.96. The van der Waals surface area contributed by atoms with Crippen molar-refractivity contribution in [2.24, 2.45) is 0 Å². The molecular weight excluding hydrogens is 380 g/mol. The van der Waals surface area contributed by atoms with Gasteiger partial charge < -0.3 is 29.2 Å². The van der Waals surface area contributed by atoms with Crippen LogP contribution in [0.3, 0.4) is 0 Å². The van der Waals surface area contributed by atoms with Gasteiger partial charge >= 0.3 is 11.9 Å². The smallest absolute Gasteiger partial charge is 0.355 e. The summed E-state index contributed by atoms with van der Waals surface area (Å²) in [7, 11) is 1.26. The zero-order valence-corrected chi connectivity index (χ0v) is 16.6. The SMILES string of the molecule is COC(=O)c1c(C)[nH]c(C(=O)O[C@@H](C)C(=O)NCc2ccc3c(c2)OCO3)c1C. The van der Waals surface area contributed by atoms with Crippen LogP contribution >= 0.6 is 0 Å². The first-order chi connectivity index (χ1) is 13.8. The van der Waals surface area contributed by atoms with Crippen molar-refractivity contribution >= 4 is 17.8 Å². The second kappa shape index (κ2) is 8.26. The second-order valence-electron chi connectivity index (χ2n) is 6.57. The first kappa shape index (κ1) is 20.2. The van der Waals surface area contributed by atoms with Crippen LogP contribution in [0.5, 0.6) is 11.5 Å². The lowest BCUT2D eigenvalue weighted by atomic mass is 10.1. The predicted octanol–water partition coefficient (Wildman–Crippen LogP) is 2.01. The molecule has 2 N–H and O–H groups in total. The molecule has 0 fully saturated rings. The second-order valence-corrected chi connectivity index (χ2v) is 6.57. The normalized spacial score (nSPS) is 13.0. The van der Waals surface area contributed by atoms with Gasteiger partial charge in [-0.25, -0.2) is 9.59 Å². The molecule has 29 heavy (non-hydrogen) atoms. The van der Waals surface area contributed by atoms with Crippen LogP contribution in [0, 0.1) is 13.8 Å². The molecule has 1 amide bonds. The standard InChI is InChI=1S/C20H22N2O7/c1-10-16(19(24)26-4)11(2)22-17(10)20(25)29-12(3)18(23)21-8-13-5-6-14-15(7-13)28-9-27-14/h5-7,12,22H,8-9H2,1-4H3,(H,21,23)/t12-/m0/s1. The van der Waals surface area contributed by atoms with Gasteiger partial charge in [0, 0.05) is 12.2 Å². The van der Waals surface area contributed by atoms with Crippen LogP contribution in [-0.4, -0.2) is 42.8 Å². The molecule has 1 aromatic heterocycles. The molecule has 1 atom stereocenters. The van der Waals surface area contributed by atoms with E-state index in [-0.39, 0.29) is 24.6 Å². The number of amides is 1. The van der Waals surface area contributed by atoms with Crippen molar-refractivity contribution < 1.29 is 33.3 Å². The zero-order chi connectivity index (χ0) is 21.1. The maximum absolute atomic E-state index is 12.4. The number of carbonyl (C=O) groups excluding carboxylic acids is 3. The van der Waals surface area contributed by atoms with E-state index in [0.717, 1.165) is 5.56 Å².